The molecule has 2 heterocycles. The van der Waals surface area contributed by atoms with E-state index in [2.05, 4.69) is 4.28 Å². The van der Waals surface area contributed by atoms with Gasteiger partial charge in [0.1, 0.15) is 12.1 Å². The van der Waals surface area contributed by atoms with Crippen molar-refractivity contribution in [2.45, 2.75) is 25.9 Å². The van der Waals surface area contributed by atoms with Crippen LogP contribution in [-0.2, 0) is 19.5 Å². The quantitative estimate of drug-likeness (QED) is 0.311. The number of carbonyl (C=O) groups excluding carboxylic acids is 2. The second-order valence-electron chi connectivity index (χ2n) is 4.45. The third-order valence-electron chi connectivity index (χ3n) is 3.37. The van der Waals surface area contributed by atoms with Crippen LogP contribution in [-0.4, -0.2) is 53.5 Å². The zero-order chi connectivity index (χ0) is 14.5. The van der Waals surface area contributed by atoms with Gasteiger partial charge in [-0.05, 0) is 25.0 Å². The van der Waals surface area contributed by atoms with Crippen molar-refractivity contribution in [3.05, 3.63) is 11.1 Å². The molecule has 0 aromatic carbocycles. The maximum absolute atomic E-state index is 12.0. The minimum absolute atomic E-state index is 0. The van der Waals surface area contributed by atoms with Gasteiger partial charge in [-0.1, -0.05) is 0 Å². The Morgan fingerprint density at radius 2 is 2.00 bits per heavy atom. The molecule has 2 atom stereocenters. The van der Waals surface area contributed by atoms with Crippen molar-refractivity contribution in [3.63, 3.8) is 0 Å². The molecule has 0 aromatic rings. The van der Waals surface area contributed by atoms with Gasteiger partial charge in [-0.15, -0.1) is 4.28 Å². The Labute approximate surface area is 139 Å². The molecular formula is C9H14N3NaO6S+2. The average molecular weight is 315 g/mol. The number of rotatable bonds is 3. The van der Waals surface area contributed by atoms with Gasteiger partial charge >= 0.3 is 47.4 Å². The number of nitrogens with zero attached hydrogens (tertiary/aromatic N) is 2. The van der Waals surface area contributed by atoms with Crippen molar-refractivity contribution >= 4 is 22.3 Å². The number of hydroxylamine groups is 2. The number of amides is 3. The van der Waals surface area contributed by atoms with Crippen LogP contribution in [0.3, 0.4) is 0 Å². The van der Waals surface area contributed by atoms with E-state index in [9.17, 15) is 18.0 Å². The Morgan fingerprint density at radius 1 is 1.45 bits per heavy atom. The number of hydrogen-bond acceptors (Lipinski definition) is 5. The smallest absolute Gasteiger partial charge is 0.368 e. The van der Waals surface area contributed by atoms with Gasteiger partial charge in [-0.3, -0.25) is 9.35 Å². The van der Waals surface area contributed by atoms with E-state index in [0.29, 0.717) is 16.2 Å². The molecule has 0 spiro atoms. The van der Waals surface area contributed by atoms with Gasteiger partial charge in [-0.2, -0.15) is 13.5 Å². The van der Waals surface area contributed by atoms with E-state index in [-0.39, 0.29) is 37.5 Å². The predicted molar refractivity (Wildman–Crippen MR) is 62.8 cm³/mol. The summed E-state index contributed by atoms with van der Waals surface area (Å²) in [7, 11) is -4.82. The van der Waals surface area contributed by atoms with Crippen LogP contribution < -0.4 is 35.3 Å². The first-order valence-electron chi connectivity index (χ1n) is 5.37. The molecule has 9 nitrogen and oxygen atoms in total. The number of urea groups is 1. The Kier molecular flexibility index (Phi) is 4.89. The Bertz CT molecular complexity index is 594. The van der Waals surface area contributed by atoms with Gasteiger partial charge < -0.3 is 10.6 Å². The fraction of sp³-hybridized carbons (Fsp3) is 0.556. The standard InChI is InChI=1S/C9H13N3O6S.Na/c1-4-5(2)7(8(10)13)11-3-6(4)12(9(11)14)18-19(15,16)17;/h6-7H,3H2,1-2H3,(H2,10,13)(H,15,16,17);/q;+1/p+1/t6-,7-;/m0./s1. The predicted octanol–water partition coefficient (Wildman–Crippen LogP) is -3.85. The normalized spacial score (nSPS) is 25.9. The first-order valence-corrected chi connectivity index (χ1v) is 6.73. The van der Waals surface area contributed by atoms with Crippen molar-refractivity contribution in [2.24, 2.45) is 5.73 Å². The molecular weight excluding hydrogens is 301 g/mol. The van der Waals surface area contributed by atoms with Crippen LogP contribution in [0.15, 0.2) is 11.1 Å². The summed E-state index contributed by atoms with van der Waals surface area (Å²) < 4.78 is 34.4. The Hall–Kier alpha value is -0.650. The minimum Gasteiger partial charge on any atom is -0.368 e. The minimum atomic E-state index is -4.82. The molecule has 0 unspecified atom stereocenters. The van der Waals surface area contributed by atoms with E-state index in [1.54, 1.807) is 13.8 Å². The number of nitrogens with two attached hydrogens (primary N) is 1. The van der Waals surface area contributed by atoms with Crippen LogP contribution in [0, 0.1) is 0 Å². The van der Waals surface area contributed by atoms with Gasteiger partial charge in [0.25, 0.3) is 0 Å². The molecule has 106 valence electrons. The number of fused-ring (bicyclic) bond motifs is 2. The molecule has 1 fully saturated rings. The topological polar surface area (TPSA) is 130 Å². The van der Waals surface area contributed by atoms with Crippen LogP contribution in [0.1, 0.15) is 15.3 Å². The first kappa shape index (κ1) is 17.4. The van der Waals surface area contributed by atoms with Crippen LogP contribution in [0.4, 0.5) is 4.79 Å². The molecule has 2 aliphatic rings. The molecule has 2 rings (SSSR count). The van der Waals surface area contributed by atoms with Crippen molar-refractivity contribution < 1.29 is 57.8 Å². The van der Waals surface area contributed by atoms with Crippen LogP contribution in [0.25, 0.3) is 0 Å². The van der Waals surface area contributed by atoms with Crippen molar-refractivity contribution in [1.29, 1.82) is 0 Å². The second kappa shape index (κ2) is 5.62. The van der Waals surface area contributed by atoms with E-state index in [1.807, 2.05) is 0 Å². The first-order chi connectivity index (χ1) is 8.63. The maximum Gasteiger partial charge on any atom is 1.00 e. The number of hydrogen-bond donors (Lipinski definition) is 2. The monoisotopic (exact) mass is 315 g/mol. The zero-order valence-electron chi connectivity index (χ0n) is 12.2. The molecule has 0 saturated carbocycles. The van der Waals surface area contributed by atoms with Crippen LogP contribution >= 0.6 is 0 Å². The summed E-state index contributed by atoms with van der Waals surface area (Å²) in [6, 6.07) is -2.44. The summed E-state index contributed by atoms with van der Waals surface area (Å²) in [5, 5.41) is 0.539. The van der Waals surface area contributed by atoms with Gasteiger partial charge in [0, 0.05) is 0 Å². The summed E-state index contributed by atoms with van der Waals surface area (Å²) >= 11 is 0. The second-order valence-corrected chi connectivity index (χ2v) is 5.45. The van der Waals surface area contributed by atoms with Gasteiger partial charge in [0.15, 0.2) is 0 Å². The average Bonchev–Trinajstić information content (AvgIpc) is 2.51. The third-order valence-corrected chi connectivity index (χ3v) is 3.72. The Balaban J connectivity index is 0.00000200. The SMILES string of the molecule is CC1=C(C)[C@@H]2CN(C(=O)N2OS(=O)(=O)O)[C@@H]1C(N)=O.[H+].[Na+]. The summed E-state index contributed by atoms with van der Waals surface area (Å²) in [5.41, 5.74) is 6.42. The van der Waals surface area contributed by atoms with Crippen molar-refractivity contribution in [1.82, 2.24) is 9.96 Å². The van der Waals surface area contributed by atoms with E-state index < -0.39 is 34.4 Å². The Morgan fingerprint density at radius 3 is 2.45 bits per heavy atom. The van der Waals surface area contributed by atoms with Crippen LogP contribution in [0.5, 0.6) is 0 Å². The molecule has 3 amide bonds. The van der Waals surface area contributed by atoms with Gasteiger partial charge in [0.2, 0.25) is 5.91 Å². The third kappa shape index (κ3) is 2.85. The van der Waals surface area contributed by atoms with E-state index >= 15 is 0 Å². The molecule has 2 aliphatic heterocycles. The maximum atomic E-state index is 12.0. The molecule has 0 radical (unpaired) electrons. The molecule has 3 N–H and O–H groups in total. The van der Waals surface area contributed by atoms with E-state index in [4.69, 9.17) is 10.3 Å². The molecule has 11 heteroatoms. The largest absolute Gasteiger partial charge is 1.00 e. The number of carbonyl (C=O) groups is 2. The summed E-state index contributed by atoms with van der Waals surface area (Å²) in [6.45, 7) is 3.35. The molecule has 1 saturated heterocycles. The van der Waals surface area contributed by atoms with Crippen molar-refractivity contribution in [3.8, 4) is 0 Å². The van der Waals surface area contributed by atoms with Gasteiger partial charge in [-0.25, -0.2) is 4.79 Å². The van der Waals surface area contributed by atoms with E-state index in [1.165, 1.54) is 0 Å². The number of primary amides is 1. The molecule has 0 aromatic heterocycles. The fourth-order valence-electron chi connectivity index (χ4n) is 2.39. The molecule has 0 aliphatic carbocycles. The van der Waals surface area contributed by atoms with Crippen molar-refractivity contribution in [2.75, 3.05) is 6.54 Å². The molecule has 2 bridgehead atoms. The summed E-state index contributed by atoms with van der Waals surface area (Å²) in [6.07, 6.45) is 0. The zero-order valence-corrected chi connectivity index (χ0v) is 14.0. The fourth-order valence-corrected chi connectivity index (χ4v) is 2.76. The van der Waals surface area contributed by atoms with Gasteiger partial charge in [0.05, 0.1) is 6.54 Å². The van der Waals surface area contributed by atoms with Crippen LogP contribution in [0.2, 0.25) is 0 Å². The summed E-state index contributed by atoms with van der Waals surface area (Å²) in [5.74, 6) is -0.711. The molecule has 20 heavy (non-hydrogen) atoms. The summed E-state index contributed by atoms with van der Waals surface area (Å²) in [4.78, 5) is 24.5. The van der Waals surface area contributed by atoms with E-state index in [0.717, 1.165) is 4.90 Å².